The number of hydrogen-bond donors (Lipinski definition) is 2. The highest BCUT2D eigenvalue weighted by Crippen LogP contribution is 2.19. The Morgan fingerprint density at radius 1 is 1.38 bits per heavy atom. The van der Waals surface area contributed by atoms with E-state index in [4.69, 9.17) is 5.73 Å². The Balaban J connectivity index is 2.05. The molecule has 1 heterocycles. The molecule has 3 amide bonds. The molecule has 0 spiro atoms. The molecule has 0 bridgehead atoms. The highest BCUT2D eigenvalue weighted by atomic mass is 32.2. The number of rotatable bonds is 5. The minimum Gasteiger partial charge on any atom is -0.352 e. The normalized spacial score (nSPS) is 15.2. The number of amides is 3. The summed E-state index contributed by atoms with van der Waals surface area (Å²) in [5, 5.41) is 2.57. The van der Waals surface area contributed by atoms with E-state index in [1.807, 2.05) is 29.4 Å². The Morgan fingerprint density at radius 2 is 2.10 bits per heavy atom. The second-order valence-electron chi connectivity index (χ2n) is 5.12. The minimum atomic E-state index is -0.646. The zero-order chi connectivity index (χ0) is 15.2. The molecule has 1 aromatic carbocycles. The van der Waals surface area contributed by atoms with E-state index in [9.17, 15) is 9.59 Å². The van der Waals surface area contributed by atoms with E-state index < -0.39 is 12.1 Å². The Bertz CT molecular complexity index is 521. The third-order valence-corrected chi connectivity index (χ3v) is 4.31. The number of fused-ring (bicyclic) bond motifs is 1. The fourth-order valence-electron chi connectivity index (χ4n) is 2.57. The summed E-state index contributed by atoms with van der Waals surface area (Å²) in [6.07, 6.45) is 3.43. The zero-order valence-electron chi connectivity index (χ0n) is 12.2. The molecule has 0 saturated heterocycles. The summed E-state index contributed by atoms with van der Waals surface area (Å²) in [6.45, 7) is 1.29. The fraction of sp³-hybridized carbons (Fsp3) is 0.467. The zero-order valence-corrected chi connectivity index (χ0v) is 13.0. The van der Waals surface area contributed by atoms with Gasteiger partial charge in [0.05, 0.1) is 0 Å². The maximum Gasteiger partial charge on any atom is 0.312 e. The van der Waals surface area contributed by atoms with Gasteiger partial charge in [0.2, 0.25) is 5.91 Å². The third-order valence-electron chi connectivity index (χ3n) is 3.67. The van der Waals surface area contributed by atoms with Gasteiger partial charge in [-0.05, 0) is 36.0 Å². The van der Waals surface area contributed by atoms with Gasteiger partial charge in [-0.15, -0.1) is 0 Å². The van der Waals surface area contributed by atoms with Crippen molar-refractivity contribution in [3.63, 3.8) is 0 Å². The van der Waals surface area contributed by atoms with E-state index in [0.717, 1.165) is 12.2 Å². The Kier molecular flexibility index (Phi) is 5.50. The van der Waals surface area contributed by atoms with Crippen LogP contribution in [0.3, 0.4) is 0 Å². The van der Waals surface area contributed by atoms with E-state index in [1.54, 1.807) is 11.8 Å². The maximum absolute atomic E-state index is 12.6. The maximum atomic E-state index is 12.6. The van der Waals surface area contributed by atoms with Crippen molar-refractivity contribution in [3.8, 4) is 0 Å². The van der Waals surface area contributed by atoms with Gasteiger partial charge >= 0.3 is 6.03 Å². The van der Waals surface area contributed by atoms with Crippen molar-refractivity contribution in [3.05, 3.63) is 35.4 Å². The third kappa shape index (κ3) is 4.14. The van der Waals surface area contributed by atoms with Crippen LogP contribution in [0.1, 0.15) is 17.5 Å². The van der Waals surface area contributed by atoms with Crippen molar-refractivity contribution in [1.82, 2.24) is 10.2 Å². The standard InChI is InChI=1S/C15H21N3O2S/c1-21-9-7-13(17-15(16)20)14(19)18-8-6-11-4-2-3-5-12(11)10-18/h2-5,13H,6-10H2,1H3,(H3,16,17,20). The van der Waals surface area contributed by atoms with E-state index >= 15 is 0 Å². The molecule has 6 heteroatoms. The number of nitrogens with one attached hydrogen (secondary N) is 1. The topological polar surface area (TPSA) is 75.4 Å². The van der Waals surface area contributed by atoms with Crippen LogP contribution >= 0.6 is 11.8 Å². The van der Waals surface area contributed by atoms with Gasteiger partial charge in [0.15, 0.2) is 0 Å². The monoisotopic (exact) mass is 307 g/mol. The van der Waals surface area contributed by atoms with Crippen LogP contribution in [-0.4, -0.2) is 41.4 Å². The van der Waals surface area contributed by atoms with Crippen molar-refractivity contribution in [2.75, 3.05) is 18.6 Å². The SMILES string of the molecule is CSCCC(NC(N)=O)C(=O)N1CCc2ccccc2C1. The fourth-order valence-corrected chi connectivity index (χ4v) is 3.04. The van der Waals surface area contributed by atoms with E-state index in [-0.39, 0.29) is 5.91 Å². The first-order chi connectivity index (χ1) is 10.1. The molecule has 0 aliphatic carbocycles. The molecule has 114 valence electrons. The van der Waals surface area contributed by atoms with Crippen molar-refractivity contribution < 1.29 is 9.59 Å². The van der Waals surface area contributed by atoms with Crippen LogP contribution in [0, 0.1) is 0 Å². The summed E-state index contributed by atoms with van der Waals surface area (Å²) in [5.74, 6) is 0.763. The van der Waals surface area contributed by atoms with Crippen LogP contribution in [0.2, 0.25) is 0 Å². The first kappa shape index (κ1) is 15.7. The highest BCUT2D eigenvalue weighted by Gasteiger charge is 2.27. The van der Waals surface area contributed by atoms with Crippen molar-refractivity contribution in [2.45, 2.75) is 25.4 Å². The van der Waals surface area contributed by atoms with Gasteiger partial charge in [0.1, 0.15) is 6.04 Å². The molecule has 2 rings (SSSR count). The lowest BCUT2D eigenvalue weighted by atomic mass is 9.99. The number of hydrogen-bond acceptors (Lipinski definition) is 3. The summed E-state index contributed by atoms with van der Waals surface area (Å²) >= 11 is 1.65. The molecule has 5 nitrogen and oxygen atoms in total. The molecule has 1 aromatic rings. The number of carbonyl (C=O) groups is 2. The van der Waals surface area contributed by atoms with Crippen LogP contribution in [0.5, 0.6) is 0 Å². The van der Waals surface area contributed by atoms with Crippen LogP contribution in [0.15, 0.2) is 24.3 Å². The molecule has 0 aromatic heterocycles. The molecular weight excluding hydrogens is 286 g/mol. The first-order valence-corrected chi connectivity index (χ1v) is 8.41. The molecule has 0 saturated carbocycles. The van der Waals surface area contributed by atoms with Gasteiger partial charge in [0, 0.05) is 13.1 Å². The van der Waals surface area contributed by atoms with Gasteiger partial charge in [0.25, 0.3) is 0 Å². The minimum absolute atomic E-state index is 0.0441. The quantitative estimate of drug-likeness (QED) is 0.862. The molecule has 1 aliphatic rings. The summed E-state index contributed by atoms with van der Waals surface area (Å²) in [4.78, 5) is 25.5. The Labute approximate surface area is 129 Å². The second kappa shape index (κ2) is 7.36. The number of thioether (sulfide) groups is 1. The predicted molar refractivity (Wildman–Crippen MR) is 85.1 cm³/mol. The summed E-state index contributed by atoms with van der Waals surface area (Å²) in [7, 11) is 0. The molecule has 0 fully saturated rings. The van der Waals surface area contributed by atoms with Crippen molar-refractivity contribution in [1.29, 1.82) is 0 Å². The Morgan fingerprint density at radius 3 is 2.76 bits per heavy atom. The van der Waals surface area contributed by atoms with E-state index in [0.29, 0.717) is 19.5 Å². The number of primary amides is 1. The first-order valence-electron chi connectivity index (χ1n) is 7.02. The lowest BCUT2D eigenvalue weighted by Gasteiger charge is -2.32. The van der Waals surface area contributed by atoms with Crippen molar-refractivity contribution >= 4 is 23.7 Å². The molecule has 3 N–H and O–H groups in total. The van der Waals surface area contributed by atoms with E-state index in [1.165, 1.54) is 11.1 Å². The van der Waals surface area contributed by atoms with Gasteiger partial charge in [-0.3, -0.25) is 4.79 Å². The molecular formula is C15H21N3O2S. The summed E-state index contributed by atoms with van der Waals surface area (Å²) < 4.78 is 0. The number of urea groups is 1. The Hall–Kier alpha value is -1.69. The van der Waals surface area contributed by atoms with Gasteiger partial charge < -0.3 is 16.0 Å². The van der Waals surface area contributed by atoms with Crippen LogP contribution in [0.25, 0.3) is 0 Å². The lowest BCUT2D eigenvalue weighted by Crippen LogP contribution is -2.51. The van der Waals surface area contributed by atoms with Crippen LogP contribution in [-0.2, 0) is 17.8 Å². The largest absolute Gasteiger partial charge is 0.352 e. The summed E-state index contributed by atoms with van der Waals surface area (Å²) in [6, 6.07) is 6.98. The molecule has 1 atom stereocenters. The molecule has 0 radical (unpaired) electrons. The average Bonchev–Trinajstić information content (AvgIpc) is 2.50. The highest BCUT2D eigenvalue weighted by molar-refractivity contribution is 7.98. The number of nitrogens with zero attached hydrogens (tertiary/aromatic N) is 1. The average molecular weight is 307 g/mol. The second-order valence-corrected chi connectivity index (χ2v) is 6.11. The van der Waals surface area contributed by atoms with E-state index in [2.05, 4.69) is 11.4 Å². The summed E-state index contributed by atoms with van der Waals surface area (Å²) in [5.41, 5.74) is 7.66. The number of nitrogens with two attached hydrogens (primary N) is 1. The molecule has 1 aliphatic heterocycles. The number of benzene rings is 1. The van der Waals surface area contributed by atoms with Gasteiger partial charge in [-0.1, -0.05) is 24.3 Å². The van der Waals surface area contributed by atoms with Crippen molar-refractivity contribution in [2.24, 2.45) is 5.73 Å². The van der Waals surface area contributed by atoms with Gasteiger partial charge in [-0.2, -0.15) is 11.8 Å². The van der Waals surface area contributed by atoms with Crippen LogP contribution in [0.4, 0.5) is 4.79 Å². The smallest absolute Gasteiger partial charge is 0.312 e. The predicted octanol–water partition coefficient (Wildman–Crippen LogP) is 1.36. The van der Waals surface area contributed by atoms with Gasteiger partial charge in [-0.25, -0.2) is 4.79 Å². The molecule has 21 heavy (non-hydrogen) atoms. The lowest BCUT2D eigenvalue weighted by molar-refractivity contribution is -0.134. The van der Waals surface area contributed by atoms with Crippen LogP contribution < -0.4 is 11.1 Å². The molecule has 1 unspecified atom stereocenters. The number of carbonyl (C=O) groups excluding carboxylic acids is 2.